The molecule has 1 heterocycles. The van der Waals surface area contributed by atoms with E-state index in [2.05, 4.69) is 0 Å². The smallest absolute Gasteiger partial charge is 0.263 e. The van der Waals surface area contributed by atoms with Crippen LogP contribution in [0, 0.1) is 6.92 Å². The van der Waals surface area contributed by atoms with Gasteiger partial charge >= 0.3 is 0 Å². The molecular weight excluding hydrogens is 240 g/mol. The maximum absolute atomic E-state index is 12.3. The van der Waals surface area contributed by atoms with E-state index in [1.165, 1.54) is 0 Å². The van der Waals surface area contributed by atoms with Gasteiger partial charge in [0.25, 0.3) is 5.91 Å². The average Bonchev–Trinajstić information content (AvgIpc) is 2.38. The molecule has 1 aromatic rings. The van der Waals surface area contributed by atoms with Crippen molar-refractivity contribution in [3.8, 4) is 5.75 Å². The number of hydrogen-bond donors (Lipinski definition) is 1. The van der Waals surface area contributed by atoms with Crippen molar-refractivity contribution in [2.75, 3.05) is 13.1 Å². The van der Waals surface area contributed by atoms with Crippen molar-refractivity contribution >= 4 is 5.91 Å². The van der Waals surface area contributed by atoms with Crippen LogP contribution in [0.4, 0.5) is 0 Å². The Morgan fingerprint density at radius 1 is 1.53 bits per heavy atom. The van der Waals surface area contributed by atoms with Crippen LogP contribution in [0.25, 0.3) is 0 Å². The topological polar surface area (TPSA) is 55.6 Å². The quantitative estimate of drug-likeness (QED) is 0.902. The lowest BCUT2D eigenvalue weighted by atomic mass is 10.1. The van der Waals surface area contributed by atoms with Crippen molar-refractivity contribution in [3.05, 3.63) is 29.8 Å². The molecule has 0 aromatic heterocycles. The number of benzene rings is 1. The van der Waals surface area contributed by atoms with E-state index in [9.17, 15) is 4.79 Å². The van der Waals surface area contributed by atoms with Crippen LogP contribution >= 0.6 is 0 Å². The summed E-state index contributed by atoms with van der Waals surface area (Å²) in [7, 11) is 0. The molecule has 1 fully saturated rings. The fourth-order valence-corrected chi connectivity index (χ4v) is 2.41. The number of aryl methyl sites for hydroxylation is 1. The van der Waals surface area contributed by atoms with E-state index in [1.807, 2.05) is 36.1 Å². The molecular formula is C15H22N2O2. The number of rotatable bonds is 3. The summed E-state index contributed by atoms with van der Waals surface area (Å²) in [4.78, 5) is 14.1. The molecule has 4 nitrogen and oxygen atoms in total. The summed E-state index contributed by atoms with van der Waals surface area (Å²) >= 11 is 0. The highest BCUT2D eigenvalue weighted by Gasteiger charge is 2.26. The van der Waals surface area contributed by atoms with Gasteiger partial charge in [-0.1, -0.05) is 12.1 Å². The fraction of sp³-hybridized carbons (Fsp3) is 0.533. The van der Waals surface area contributed by atoms with E-state index in [0.717, 1.165) is 30.7 Å². The summed E-state index contributed by atoms with van der Waals surface area (Å²) in [6, 6.07) is 7.84. The number of piperidine rings is 1. The van der Waals surface area contributed by atoms with Gasteiger partial charge < -0.3 is 15.4 Å². The van der Waals surface area contributed by atoms with Gasteiger partial charge in [-0.3, -0.25) is 4.79 Å². The number of nitrogens with two attached hydrogens (primary N) is 1. The van der Waals surface area contributed by atoms with Crippen LogP contribution in [0.15, 0.2) is 24.3 Å². The predicted molar refractivity (Wildman–Crippen MR) is 75.1 cm³/mol. The van der Waals surface area contributed by atoms with Crippen molar-refractivity contribution in [2.45, 2.75) is 38.8 Å². The van der Waals surface area contributed by atoms with Crippen LogP contribution in [0.1, 0.15) is 25.3 Å². The number of likely N-dealkylation sites (tertiary alicyclic amines) is 1. The molecule has 2 rings (SSSR count). The summed E-state index contributed by atoms with van der Waals surface area (Å²) in [5.74, 6) is 0.763. The molecule has 1 aliphatic rings. The number of amides is 1. The number of carbonyl (C=O) groups excluding carboxylic acids is 1. The van der Waals surface area contributed by atoms with Crippen LogP contribution in [-0.4, -0.2) is 36.0 Å². The third-order valence-corrected chi connectivity index (χ3v) is 3.42. The molecule has 0 saturated carbocycles. The number of nitrogens with zero attached hydrogens (tertiary/aromatic N) is 1. The molecule has 1 aliphatic heterocycles. The van der Waals surface area contributed by atoms with E-state index < -0.39 is 6.10 Å². The lowest BCUT2D eigenvalue weighted by molar-refractivity contribution is -0.139. The van der Waals surface area contributed by atoms with Gasteiger partial charge in [0.15, 0.2) is 6.10 Å². The zero-order valence-electron chi connectivity index (χ0n) is 11.6. The Hall–Kier alpha value is -1.55. The zero-order valence-corrected chi connectivity index (χ0v) is 11.6. The van der Waals surface area contributed by atoms with Crippen LogP contribution in [0.3, 0.4) is 0 Å². The van der Waals surface area contributed by atoms with Gasteiger partial charge in [0.1, 0.15) is 5.75 Å². The van der Waals surface area contributed by atoms with Crippen molar-refractivity contribution in [1.29, 1.82) is 0 Å². The van der Waals surface area contributed by atoms with E-state index >= 15 is 0 Å². The molecule has 4 heteroatoms. The molecule has 2 N–H and O–H groups in total. The third kappa shape index (κ3) is 3.70. The first kappa shape index (κ1) is 13.9. The Kier molecular flexibility index (Phi) is 4.43. The Morgan fingerprint density at radius 3 is 3.00 bits per heavy atom. The molecule has 0 radical (unpaired) electrons. The highest BCUT2D eigenvalue weighted by atomic mass is 16.5. The van der Waals surface area contributed by atoms with Gasteiger partial charge in [-0.05, 0) is 44.4 Å². The summed E-state index contributed by atoms with van der Waals surface area (Å²) in [6.07, 6.45) is 1.51. The first-order valence-electron chi connectivity index (χ1n) is 6.84. The maximum Gasteiger partial charge on any atom is 0.263 e. The first-order valence-corrected chi connectivity index (χ1v) is 6.84. The highest BCUT2D eigenvalue weighted by Crippen LogP contribution is 2.16. The summed E-state index contributed by atoms with van der Waals surface area (Å²) < 4.78 is 5.71. The largest absolute Gasteiger partial charge is 0.481 e. The standard InChI is InChI=1S/C15H22N2O2/c1-11-5-3-7-14(9-11)19-12(2)15(18)17-8-4-6-13(16)10-17/h3,5,7,9,12-13H,4,6,8,10,16H2,1-2H3/t12-,13-/m0/s1. The maximum atomic E-state index is 12.3. The van der Waals surface area contributed by atoms with E-state index in [-0.39, 0.29) is 11.9 Å². The Bertz CT molecular complexity index is 448. The molecule has 1 saturated heterocycles. The molecule has 0 aliphatic carbocycles. The van der Waals surface area contributed by atoms with Crippen molar-refractivity contribution in [3.63, 3.8) is 0 Å². The number of carbonyl (C=O) groups is 1. The number of hydrogen-bond acceptors (Lipinski definition) is 3. The zero-order chi connectivity index (χ0) is 13.8. The summed E-state index contributed by atoms with van der Waals surface area (Å²) in [5, 5.41) is 0. The summed E-state index contributed by atoms with van der Waals surface area (Å²) in [5.41, 5.74) is 7.02. The molecule has 0 unspecified atom stereocenters. The van der Waals surface area contributed by atoms with Gasteiger partial charge in [-0.15, -0.1) is 0 Å². The second-order valence-electron chi connectivity index (χ2n) is 5.26. The first-order chi connectivity index (χ1) is 9.06. The molecule has 2 atom stereocenters. The highest BCUT2D eigenvalue weighted by molar-refractivity contribution is 5.81. The molecule has 0 bridgehead atoms. The lowest BCUT2D eigenvalue weighted by Crippen LogP contribution is -2.49. The van der Waals surface area contributed by atoms with Gasteiger partial charge in [-0.2, -0.15) is 0 Å². The van der Waals surface area contributed by atoms with Gasteiger partial charge in [0.05, 0.1) is 0 Å². The fourth-order valence-electron chi connectivity index (χ4n) is 2.41. The monoisotopic (exact) mass is 262 g/mol. The van der Waals surface area contributed by atoms with Crippen molar-refractivity contribution in [2.24, 2.45) is 5.73 Å². The minimum absolute atomic E-state index is 0.0247. The van der Waals surface area contributed by atoms with E-state index in [4.69, 9.17) is 10.5 Å². The van der Waals surface area contributed by atoms with E-state index in [1.54, 1.807) is 6.92 Å². The minimum atomic E-state index is -0.466. The second-order valence-corrected chi connectivity index (χ2v) is 5.26. The SMILES string of the molecule is Cc1cccc(O[C@@H](C)C(=O)N2CCC[C@H](N)C2)c1. The van der Waals surface area contributed by atoms with Crippen molar-refractivity contribution < 1.29 is 9.53 Å². The molecule has 1 amide bonds. The second kappa shape index (κ2) is 6.06. The summed E-state index contributed by atoms with van der Waals surface area (Å²) in [6.45, 7) is 5.22. The van der Waals surface area contributed by atoms with Crippen LogP contribution < -0.4 is 10.5 Å². The predicted octanol–water partition coefficient (Wildman–Crippen LogP) is 1.71. The Morgan fingerprint density at radius 2 is 2.32 bits per heavy atom. The van der Waals surface area contributed by atoms with Crippen LogP contribution in [0.5, 0.6) is 5.75 Å². The van der Waals surface area contributed by atoms with Gasteiger partial charge in [-0.25, -0.2) is 0 Å². The molecule has 104 valence electrons. The Labute approximate surface area is 114 Å². The third-order valence-electron chi connectivity index (χ3n) is 3.42. The molecule has 19 heavy (non-hydrogen) atoms. The van der Waals surface area contributed by atoms with E-state index in [0.29, 0.717) is 6.54 Å². The molecule has 1 aromatic carbocycles. The van der Waals surface area contributed by atoms with Crippen LogP contribution in [0.2, 0.25) is 0 Å². The number of ether oxygens (including phenoxy) is 1. The average molecular weight is 262 g/mol. The van der Waals surface area contributed by atoms with Gasteiger partial charge in [0, 0.05) is 19.1 Å². The van der Waals surface area contributed by atoms with Crippen LogP contribution in [-0.2, 0) is 4.79 Å². The Balaban J connectivity index is 1.95. The lowest BCUT2D eigenvalue weighted by Gasteiger charge is -2.32. The van der Waals surface area contributed by atoms with Crippen molar-refractivity contribution in [1.82, 2.24) is 4.90 Å². The van der Waals surface area contributed by atoms with Gasteiger partial charge in [0.2, 0.25) is 0 Å². The molecule has 0 spiro atoms. The normalized spacial score (nSPS) is 21.0. The minimum Gasteiger partial charge on any atom is -0.481 e.